The number of phenols is 1. The predicted molar refractivity (Wildman–Crippen MR) is 95.9 cm³/mol. The number of carbonyl (C=O) groups excluding carboxylic acids is 1. The molecule has 1 amide bonds. The van der Waals surface area contributed by atoms with Gasteiger partial charge in [0.25, 0.3) is 0 Å². The van der Waals surface area contributed by atoms with Crippen LogP contribution in [0.15, 0.2) is 42.5 Å². The number of hydrogen-bond acceptors (Lipinski definition) is 3. The highest BCUT2D eigenvalue weighted by atomic mass is 19.1. The van der Waals surface area contributed by atoms with E-state index in [4.69, 9.17) is 0 Å². The average molecular weight is 338 g/mol. The number of benzene rings is 2. The number of fused-ring (bicyclic) bond motifs is 1. The van der Waals surface area contributed by atoms with E-state index in [0.717, 1.165) is 22.0 Å². The smallest absolute Gasteiger partial charge is 0.226 e. The van der Waals surface area contributed by atoms with Gasteiger partial charge in [-0.05, 0) is 54.4 Å². The van der Waals surface area contributed by atoms with E-state index in [9.17, 15) is 14.3 Å². The largest absolute Gasteiger partial charge is 0.507 e. The molecular formula is C20H19FN2O2. The standard InChI is InChI=1S/C20H19FN2O2/c1-12-8-18(16-11-14(21)5-7-19(16)24)22-17-6-4-13(9-15(12)17)10-20(25)23(2)3/h4-9,11,24H,10H2,1-3H3. The summed E-state index contributed by atoms with van der Waals surface area (Å²) >= 11 is 0. The molecule has 3 aromatic rings. The Morgan fingerprint density at radius 2 is 1.92 bits per heavy atom. The zero-order valence-electron chi connectivity index (χ0n) is 14.4. The number of amides is 1. The molecule has 0 aliphatic rings. The lowest BCUT2D eigenvalue weighted by molar-refractivity contribution is -0.127. The molecule has 0 unspecified atom stereocenters. The molecule has 0 aliphatic carbocycles. The van der Waals surface area contributed by atoms with Crippen LogP contribution >= 0.6 is 0 Å². The number of phenolic OH excluding ortho intramolecular Hbond substituents is 1. The number of aromatic nitrogens is 1. The van der Waals surface area contributed by atoms with Crippen molar-refractivity contribution in [2.45, 2.75) is 13.3 Å². The van der Waals surface area contributed by atoms with Crippen molar-refractivity contribution < 1.29 is 14.3 Å². The predicted octanol–water partition coefficient (Wildman–Crippen LogP) is 3.69. The molecule has 4 nitrogen and oxygen atoms in total. The van der Waals surface area contributed by atoms with Crippen molar-refractivity contribution in [2.75, 3.05) is 14.1 Å². The van der Waals surface area contributed by atoms with Gasteiger partial charge in [-0.2, -0.15) is 0 Å². The molecule has 0 saturated carbocycles. The Balaban J connectivity index is 2.06. The van der Waals surface area contributed by atoms with Crippen molar-refractivity contribution in [1.29, 1.82) is 0 Å². The fourth-order valence-electron chi connectivity index (χ4n) is 2.74. The molecule has 0 fully saturated rings. The van der Waals surface area contributed by atoms with Crippen molar-refractivity contribution in [3.8, 4) is 17.0 Å². The maximum atomic E-state index is 13.5. The lowest BCUT2D eigenvalue weighted by Gasteiger charge is -2.12. The van der Waals surface area contributed by atoms with Crippen LogP contribution in [0.3, 0.4) is 0 Å². The van der Waals surface area contributed by atoms with Gasteiger partial charge in [0.1, 0.15) is 11.6 Å². The number of pyridine rings is 1. The summed E-state index contributed by atoms with van der Waals surface area (Å²) in [5.74, 6) is -0.406. The molecule has 0 atom stereocenters. The van der Waals surface area contributed by atoms with E-state index in [2.05, 4.69) is 4.98 Å². The topological polar surface area (TPSA) is 53.4 Å². The molecule has 0 aliphatic heterocycles. The van der Waals surface area contributed by atoms with Gasteiger partial charge in [-0.25, -0.2) is 9.37 Å². The van der Waals surface area contributed by atoms with Crippen LogP contribution < -0.4 is 0 Å². The van der Waals surface area contributed by atoms with Crippen molar-refractivity contribution in [2.24, 2.45) is 0 Å². The highest BCUT2D eigenvalue weighted by Gasteiger charge is 2.12. The lowest BCUT2D eigenvalue weighted by atomic mass is 10.0. The summed E-state index contributed by atoms with van der Waals surface area (Å²) in [6.07, 6.45) is 0.328. The number of aryl methyl sites for hydroxylation is 1. The van der Waals surface area contributed by atoms with Crippen molar-refractivity contribution in [3.05, 3.63) is 59.4 Å². The Labute approximate surface area is 145 Å². The molecule has 0 saturated heterocycles. The van der Waals surface area contributed by atoms with Crippen LogP contribution in [-0.4, -0.2) is 35.0 Å². The monoisotopic (exact) mass is 338 g/mol. The third kappa shape index (κ3) is 3.45. The summed E-state index contributed by atoms with van der Waals surface area (Å²) in [6.45, 7) is 1.93. The van der Waals surface area contributed by atoms with Gasteiger partial charge in [0, 0.05) is 25.0 Å². The van der Waals surface area contributed by atoms with Gasteiger partial charge in [-0.3, -0.25) is 4.79 Å². The summed E-state index contributed by atoms with van der Waals surface area (Å²) in [4.78, 5) is 18.0. The van der Waals surface area contributed by atoms with Gasteiger partial charge in [-0.15, -0.1) is 0 Å². The molecule has 3 rings (SSSR count). The van der Waals surface area contributed by atoms with Crippen molar-refractivity contribution >= 4 is 16.8 Å². The van der Waals surface area contributed by atoms with Crippen LogP contribution in [0.2, 0.25) is 0 Å². The Bertz CT molecular complexity index is 967. The maximum Gasteiger partial charge on any atom is 0.226 e. The average Bonchev–Trinajstić information content (AvgIpc) is 2.57. The number of halogens is 1. The summed E-state index contributed by atoms with van der Waals surface area (Å²) in [7, 11) is 3.46. The minimum absolute atomic E-state index is 0.0131. The summed E-state index contributed by atoms with van der Waals surface area (Å²) in [5, 5.41) is 10.9. The van der Waals surface area contributed by atoms with Crippen LogP contribution in [0.5, 0.6) is 5.75 Å². The van der Waals surface area contributed by atoms with Crippen LogP contribution in [0.25, 0.3) is 22.2 Å². The van der Waals surface area contributed by atoms with Gasteiger partial charge in [0.15, 0.2) is 0 Å². The van der Waals surface area contributed by atoms with Gasteiger partial charge in [0.05, 0.1) is 17.6 Å². The zero-order valence-corrected chi connectivity index (χ0v) is 14.4. The van der Waals surface area contributed by atoms with Crippen LogP contribution in [0.4, 0.5) is 4.39 Å². The number of carbonyl (C=O) groups is 1. The fraction of sp³-hybridized carbons (Fsp3) is 0.200. The normalized spacial score (nSPS) is 10.9. The molecular weight excluding hydrogens is 319 g/mol. The molecule has 1 aromatic heterocycles. The first-order valence-corrected chi connectivity index (χ1v) is 7.94. The molecule has 2 aromatic carbocycles. The highest BCUT2D eigenvalue weighted by Crippen LogP contribution is 2.31. The third-order valence-corrected chi connectivity index (χ3v) is 4.17. The molecule has 1 heterocycles. The first kappa shape index (κ1) is 16.9. The molecule has 0 bridgehead atoms. The molecule has 5 heteroatoms. The van der Waals surface area contributed by atoms with E-state index < -0.39 is 5.82 Å². The Hall–Kier alpha value is -2.95. The number of nitrogens with zero attached hydrogens (tertiary/aromatic N) is 2. The van der Waals surface area contributed by atoms with E-state index in [1.54, 1.807) is 19.0 Å². The van der Waals surface area contributed by atoms with E-state index in [1.807, 2.05) is 31.2 Å². The van der Waals surface area contributed by atoms with Crippen molar-refractivity contribution in [1.82, 2.24) is 9.88 Å². The van der Waals surface area contributed by atoms with Gasteiger partial charge in [0.2, 0.25) is 5.91 Å². The number of hydrogen-bond donors (Lipinski definition) is 1. The van der Waals surface area contributed by atoms with E-state index in [1.165, 1.54) is 18.2 Å². The van der Waals surface area contributed by atoms with E-state index >= 15 is 0 Å². The quantitative estimate of drug-likeness (QED) is 0.792. The maximum absolute atomic E-state index is 13.5. The second kappa shape index (κ2) is 6.51. The van der Waals surface area contributed by atoms with Gasteiger partial charge < -0.3 is 10.0 Å². The summed E-state index contributed by atoms with van der Waals surface area (Å²) in [6, 6.07) is 11.3. The first-order chi connectivity index (χ1) is 11.8. The second-order valence-corrected chi connectivity index (χ2v) is 6.30. The fourth-order valence-corrected chi connectivity index (χ4v) is 2.74. The van der Waals surface area contributed by atoms with Gasteiger partial charge >= 0.3 is 0 Å². The lowest BCUT2D eigenvalue weighted by Crippen LogP contribution is -2.23. The number of aromatic hydroxyl groups is 1. The molecule has 0 radical (unpaired) electrons. The first-order valence-electron chi connectivity index (χ1n) is 7.94. The summed E-state index contributed by atoms with van der Waals surface area (Å²) < 4.78 is 13.5. The Morgan fingerprint density at radius 3 is 2.64 bits per heavy atom. The molecule has 25 heavy (non-hydrogen) atoms. The Kier molecular flexibility index (Phi) is 4.40. The Morgan fingerprint density at radius 1 is 1.16 bits per heavy atom. The van der Waals surface area contributed by atoms with Crippen LogP contribution in [-0.2, 0) is 11.2 Å². The second-order valence-electron chi connectivity index (χ2n) is 6.30. The van der Waals surface area contributed by atoms with Gasteiger partial charge in [-0.1, -0.05) is 6.07 Å². The van der Waals surface area contributed by atoms with Crippen LogP contribution in [0, 0.1) is 12.7 Å². The SMILES string of the molecule is Cc1cc(-c2cc(F)ccc2O)nc2ccc(CC(=O)N(C)C)cc12. The van der Waals surface area contributed by atoms with E-state index in [-0.39, 0.29) is 11.7 Å². The zero-order chi connectivity index (χ0) is 18.1. The van der Waals surface area contributed by atoms with Crippen LogP contribution in [0.1, 0.15) is 11.1 Å². The van der Waals surface area contributed by atoms with E-state index in [0.29, 0.717) is 17.7 Å². The third-order valence-electron chi connectivity index (χ3n) is 4.17. The number of rotatable bonds is 3. The molecule has 0 spiro atoms. The molecule has 1 N–H and O–H groups in total. The minimum Gasteiger partial charge on any atom is -0.507 e. The number of likely N-dealkylation sites (N-methyl/N-ethyl adjacent to an activating group) is 1. The minimum atomic E-state index is -0.426. The molecule has 128 valence electrons. The highest BCUT2D eigenvalue weighted by molar-refractivity contribution is 5.87. The van der Waals surface area contributed by atoms with Crippen molar-refractivity contribution in [3.63, 3.8) is 0 Å². The summed E-state index contributed by atoms with van der Waals surface area (Å²) in [5.41, 5.74) is 3.47.